The summed E-state index contributed by atoms with van der Waals surface area (Å²) in [5, 5.41) is 0. The van der Waals surface area contributed by atoms with Gasteiger partial charge >= 0.3 is 17.9 Å². The minimum absolute atomic E-state index is 0.0742. The Morgan fingerprint density at radius 1 is 0.290 bits per heavy atom. The highest BCUT2D eigenvalue weighted by Gasteiger charge is 2.19. The Hall–Kier alpha value is -2.37. The summed E-state index contributed by atoms with van der Waals surface area (Å²) in [5.41, 5.74) is 0. The van der Waals surface area contributed by atoms with Crippen LogP contribution in [0.4, 0.5) is 0 Å². The van der Waals surface area contributed by atoms with Crippen molar-refractivity contribution in [1.82, 2.24) is 0 Å². The number of hydrogen-bond acceptors (Lipinski definition) is 6. The van der Waals surface area contributed by atoms with Crippen molar-refractivity contribution in [2.45, 2.75) is 335 Å². The first kappa shape index (κ1) is 66.6. The van der Waals surface area contributed by atoms with Gasteiger partial charge in [0.2, 0.25) is 0 Å². The molecule has 0 radical (unpaired) electrons. The van der Waals surface area contributed by atoms with Gasteiger partial charge in [0.05, 0.1) is 0 Å². The lowest BCUT2D eigenvalue weighted by Crippen LogP contribution is -2.30. The van der Waals surface area contributed by atoms with E-state index in [4.69, 9.17) is 14.2 Å². The van der Waals surface area contributed by atoms with Gasteiger partial charge in [-0.1, -0.05) is 269 Å². The third-order valence-corrected chi connectivity index (χ3v) is 13.6. The fourth-order valence-electron chi connectivity index (χ4n) is 9.00. The van der Waals surface area contributed by atoms with E-state index in [1.807, 2.05) is 0 Å². The van der Waals surface area contributed by atoms with Crippen molar-refractivity contribution in [2.75, 3.05) is 13.2 Å². The van der Waals surface area contributed by atoms with Crippen LogP contribution in [0.25, 0.3) is 0 Å². The number of ether oxygens (including phenoxy) is 3. The zero-order valence-corrected chi connectivity index (χ0v) is 46.3. The monoisotopic (exact) mass is 969 g/mol. The molecule has 0 aliphatic heterocycles. The number of hydrogen-bond donors (Lipinski definition) is 0. The van der Waals surface area contributed by atoms with E-state index in [1.165, 1.54) is 205 Å². The van der Waals surface area contributed by atoms with E-state index in [1.54, 1.807) is 0 Å². The second-order valence-electron chi connectivity index (χ2n) is 20.6. The van der Waals surface area contributed by atoms with E-state index < -0.39 is 6.10 Å². The molecule has 6 nitrogen and oxygen atoms in total. The maximum absolute atomic E-state index is 12.8. The number of esters is 3. The summed E-state index contributed by atoms with van der Waals surface area (Å²) in [5.74, 6) is -0.872. The number of carbonyl (C=O) groups excluding carboxylic acids is 3. The topological polar surface area (TPSA) is 78.9 Å². The second-order valence-corrected chi connectivity index (χ2v) is 20.6. The minimum atomic E-state index is -0.776. The van der Waals surface area contributed by atoms with Crippen molar-refractivity contribution >= 4 is 17.9 Å². The fourth-order valence-corrected chi connectivity index (χ4v) is 9.00. The molecule has 0 N–H and O–H groups in total. The van der Waals surface area contributed by atoms with E-state index in [0.717, 1.165) is 83.5 Å². The van der Waals surface area contributed by atoms with Gasteiger partial charge in [0.1, 0.15) is 13.2 Å². The molecule has 0 saturated carbocycles. The highest BCUT2D eigenvalue weighted by molar-refractivity contribution is 5.71. The zero-order valence-electron chi connectivity index (χ0n) is 46.3. The Bertz CT molecular complexity index is 1160. The molecule has 0 rings (SSSR count). The van der Waals surface area contributed by atoms with Gasteiger partial charge in [0.15, 0.2) is 6.10 Å². The second kappa shape index (κ2) is 58.2. The average molecular weight is 970 g/mol. The molecule has 0 heterocycles. The minimum Gasteiger partial charge on any atom is -0.462 e. The van der Waals surface area contributed by atoms with Gasteiger partial charge in [0.25, 0.3) is 0 Å². The first-order chi connectivity index (χ1) is 34.0. The maximum atomic E-state index is 12.8. The third-order valence-electron chi connectivity index (χ3n) is 13.6. The van der Waals surface area contributed by atoms with Gasteiger partial charge in [-0.3, -0.25) is 14.4 Å². The van der Waals surface area contributed by atoms with Crippen LogP contribution >= 0.6 is 0 Å². The van der Waals surface area contributed by atoms with Gasteiger partial charge in [-0.05, 0) is 77.0 Å². The lowest BCUT2D eigenvalue weighted by molar-refractivity contribution is -0.167. The van der Waals surface area contributed by atoms with E-state index in [9.17, 15) is 14.4 Å². The van der Waals surface area contributed by atoms with Crippen molar-refractivity contribution in [1.29, 1.82) is 0 Å². The highest BCUT2D eigenvalue weighted by atomic mass is 16.6. The average Bonchev–Trinajstić information content (AvgIpc) is 3.35. The van der Waals surface area contributed by atoms with Crippen LogP contribution in [0.3, 0.4) is 0 Å². The van der Waals surface area contributed by atoms with Gasteiger partial charge < -0.3 is 14.2 Å². The van der Waals surface area contributed by atoms with Gasteiger partial charge in [-0.2, -0.15) is 0 Å². The van der Waals surface area contributed by atoms with E-state index in [0.29, 0.717) is 19.3 Å². The number of rotatable bonds is 56. The van der Waals surface area contributed by atoms with Gasteiger partial charge in [-0.15, -0.1) is 0 Å². The molecule has 1 unspecified atom stereocenters. The van der Waals surface area contributed by atoms with Crippen LogP contribution in [-0.2, 0) is 28.6 Å². The summed E-state index contributed by atoms with van der Waals surface area (Å²) in [7, 11) is 0. The summed E-state index contributed by atoms with van der Waals surface area (Å²) < 4.78 is 16.9. The van der Waals surface area contributed by atoms with Crippen LogP contribution in [0.5, 0.6) is 0 Å². The molecule has 0 aromatic carbocycles. The van der Waals surface area contributed by atoms with Crippen molar-refractivity contribution in [3.8, 4) is 0 Å². The first-order valence-electron chi connectivity index (χ1n) is 30.5. The van der Waals surface area contributed by atoms with Crippen LogP contribution in [0, 0.1) is 0 Å². The van der Waals surface area contributed by atoms with Crippen LogP contribution in [-0.4, -0.2) is 37.2 Å². The van der Waals surface area contributed by atoms with E-state index in [2.05, 4.69) is 57.2 Å². The molecule has 0 spiro atoms. The quantitative estimate of drug-likeness (QED) is 0.0261. The van der Waals surface area contributed by atoms with Crippen molar-refractivity contribution in [3.05, 3.63) is 36.5 Å². The van der Waals surface area contributed by atoms with Gasteiger partial charge in [0, 0.05) is 19.3 Å². The lowest BCUT2D eigenvalue weighted by Gasteiger charge is -2.18. The fraction of sp³-hybridized carbons (Fsp3) is 0.857. The molecule has 69 heavy (non-hydrogen) atoms. The summed E-state index contributed by atoms with van der Waals surface area (Å²) in [6, 6.07) is 0. The Balaban J connectivity index is 4.20. The molecule has 0 bridgehead atoms. The molecule has 0 saturated heterocycles. The number of allylic oxidation sites excluding steroid dienone is 6. The van der Waals surface area contributed by atoms with E-state index >= 15 is 0 Å². The Morgan fingerprint density at radius 2 is 0.522 bits per heavy atom. The normalized spacial score (nSPS) is 12.2. The predicted octanol–water partition coefficient (Wildman–Crippen LogP) is 20.4. The van der Waals surface area contributed by atoms with Crippen LogP contribution < -0.4 is 0 Å². The standard InChI is InChI=1S/C63H116O6/c1-4-7-10-13-16-19-22-24-26-28-29-30-31-32-33-34-35-36-38-39-41-44-47-50-53-56-62(65)68-59-60(58-67-61(64)55-52-49-46-43-21-18-15-12-9-6-3)69-63(66)57-54-51-48-45-42-40-37-27-25-23-20-17-14-11-8-5-2/h20,23,27-29,37,60H,4-19,21-22,24-26,30-36,38-59H2,1-3H3/b23-20-,29-28-,37-27-. The molecular formula is C63H116O6. The van der Waals surface area contributed by atoms with E-state index in [-0.39, 0.29) is 31.1 Å². The molecule has 0 aliphatic carbocycles. The van der Waals surface area contributed by atoms with Crippen LogP contribution in [0.15, 0.2) is 36.5 Å². The zero-order chi connectivity index (χ0) is 50.0. The Morgan fingerprint density at radius 3 is 0.826 bits per heavy atom. The Kier molecular flexibility index (Phi) is 56.2. The summed E-state index contributed by atoms with van der Waals surface area (Å²) in [4.78, 5) is 38.1. The molecule has 6 heteroatoms. The maximum Gasteiger partial charge on any atom is 0.306 e. The highest BCUT2D eigenvalue weighted by Crippen LogP contribution is 2.17. The first-order valence-corrected chi connectivity index (χ1v) is 30.5. The van der Waals surface area contributed by atoms with Crippen molar-refractivity contribution in [3.63, 3.8) is 0 Å². The summed E-state index contributed by atoms with van der Waals surface area (Å²) in [6.07, 6.45) is 70.1. The molecule has 0 aromatic rings. The molecule has 404 valence electrons. The van der Waals surface area contributed by atoms with Crippen molar-refractivity contribution < 1.29 is 28.6 Å². The van der Waals surface area contributed by atoms with Crippen molar-refractivity contribution in [2.24, 2.45) is 0 Å². The Labute approximate surface area is 429 Å². The predicted molar refractivity (Wildman–Crippen MR) is 298 cm³/mol. The molecule has 0 fully saturated rings. The molecule has 1 atom stereocenters. The lowest BCUT2D eigenvalue weighted by atomic mass is 10.0. The summed E-state index contributed by atoms with van der Waals surface area (Å²) >= 11 is 0. The summed E-state index contributed by atoms with van der Waals surface area (Å²) in [6.45, 7) is 6.64. The van der Waals surface area contributed by atoms with Crippen LogP contribution in [0.2, 0.25) is 0 Å². The number of unbranched alkanes of at least 4 members (excludes halogenated alkanes) is 39. The SMILES string of the molecule is CCCCCC/C=C\C/C=C\CCCCCCCC(=O)OC(COC(=O)CCCCCCCCCCCC)COC(=O)CCCCCCCCCCCCCCC/C=C\CCCCCCCCCC. The number of carbonyl (C=O) groups is 3. The van der Waals surface area contributed by atoms with Crippen LogP contribution in [0.1, 0.15) is 329 Å². The van der Waals surface area contributed by atoms with Gasteiger partial charge in [-0.25, -0.2) is 0 Å². The molecule has 0 aliphatic rings. The molecular weight excluding hydrogens is 853 g/mol. The largest absolute Gasteiger partial charge is 0.462 e. The molecule has 0 amide bonds. The smallest absolute Gasteiger partial charge is 0.306 e. The third kappa shape index (κ3) is 56.4. The molecule has 0 aromatic heterocycles.